The Hall–Kier alpha value is -1.55. The summed E-state index contributed by atoms with van der Waals surface area (Å²) in [4.78, 5) is 13.9. The molecule has 98 valence electrons. The first-order valence-corrected chi connectivity index (χ1v) is 6.60. The number of piperidine rings is 1. The van der Waals surface area contributed by atoms with Crippen molar-refractivity contribution in [2.45, 2.75) is 19.3 Å². The third kappa shape index (κ3) is 3.47. The van der Waals surface area contributed by atoms with Gasteiger partial charge in [-0.1, -0.05) is 18.2 Å². The summed E-state index contributed by atoms with van der Waals surface area (Å²) >= 11 is 0. The Morgan fingerprint density at radius 3 is 2.56 bits per heavy atom. The van der Waals surface area contributed by atoms with Crippen LogP contribution in [0.4, 0.5) is 10.5 Å². The van der Waals surface area contributed by atoms with E-state index in [9.17, 15) is 4.79 Å². The van der Waals surface area contributed by atoms with Gasteiger partial charge in [0.15, 0.2) is 0 Å². The summed E-state index contributed by atoms with van der Waals surface area (Å²) in [5, 5.41) is 2.92. The molecule has 4 heteroatoms. The lowest BCUT2D eigenvalue weighted by atomic mass is 9.94. The van der Waals surface area contributed by atoms with E-state index in [-0.39, 0.29) is 6.03 Å². The number of nitrogens with two attached hydrogens (primary N) is 1. The normalized spacial score (nSPS) is 16.6. The van der Waals surface area contributed by atoms with Crippen LogP contribution in [-0.2, 0) is 0 Å². The van der Waals surface area contributed by atoms with Crippen LogP contribution in [0, 0.1) is 5.92 Å². The Labute approximate surface area is 108 Å². The van der Waals surface area contributed by atoms with E-state index in [1.165, 1.54) is 0 Å². The average molecular weight is 247 g/mol. The zero-order chi connectivity index (χ0) is 12.8. The molecule has 4 nitrogen and oxygen atoms in total. The molecular weight excluding hydrogens is 226 g/mol. The molecule has 1 aliphatic heterocycles. The van der Waals surface area contributed by atoms with Crippen molar-refractivity contribution in [1.29, 1.82) is 0 Å². The summed E-state index contributed by atoms with van der Waals surface area (Å²) in [5.74, 6) is 0.691. The second-order valence-electron chi connectivity index (χ2n) is 4.80. The highest BCUT2D eigenvalue weighted by atomic mass is 16.2. The second-order valence-corrected chi connectivity index (χ2v) is 4.80. The molecule has 0 bridgehead atoms. The predicted molar refractivity (Wildman–Crippen MR) is 73.4 cm³/mol. The number of hydrogen-bond donors (Lipinski definition) is 2. The van der Waals surface area contributed by atoms with E-state index >= 15 is 0 Å². The molecule has 1 aliphatic rings. The number of carbonyl (C=O) groups is 1. The fraction of sp³-hybridized carbons (Fsp3) is 0.500. The molecule has 0 aromatic heterocycles. The molecule has 1 aromatic rings. The molecule has 0 spiro atoms. The summed E-state index contributed by atoms with van der Waals surface area (Å²) in [6, 6.07) is 9.59. The minimum absolute atomic E-state index is 0.00685. The third-order valence-corrected chi connectivity index (χ3v) is 3.50. The lowest BCUT2D eigenvalue weighted by Gasteiger charge is -2.31. The maximum absolute atomic E-state index is 12.0. The number of urea groups is 1. The van der Waals surface area contributed by atoms with E-state index in [1.807, 2.05) is 35.2 Å². The van der Waals surface area contributed by atoms with Crippen LogP contribution in [0.15, 0.2) is 30.3 Å². The van der Waals surface area contributed by atoms with Crippen LogP contribution in [0.1, 0.15) is 19.3 Å². The molecule has 1 fully saturated rings. The van der Waals surface area contributed by atoms with Crippen LogP contribution in [0.3, 0.4) is 0 Å². The highest BCUT2D eigenvalue weighted by Crippen LogP contribution is 2.20. The fourth-order valence-corrected chi connectivity index (χ4v) is 2.38. The molecule has 1 aromatic carbocycles. The van der Waals surface area contributed by atoms with E-state index in [2.05, 4.69) is 5.32 Å². The third-order valence-electron chi connectivity index (χ3n) is 3.50. The largest absolute Gasteiger partial charge is 0.330 e. The highest BCUT2D eigenvalue weighted by molar-refractivity contribution is 5.89. The van der Waals surface area contributed by atoms with Gasteiger partial charge in [0.05, 0.1) is 0 Å². The summed E-state index contributed by atoms with van der Waals surface area (Å²) in [6.07, 6.45) is 3.22. The lowest BCUT2D eigenvalue weighted by Crippen LogP contribution is -2.41. The van der Waals surface area contributed by atoms with Gasteiger partial charge < -0.3 is 16.0 Å². The van der Waals surface area contributed by atoms with Crippen molar-refractivity contribution in [3.63, 3.8) is 0 Å². The molecule has 2 amide bonds. The van der Waals surface area contributed by atoms with Crippen LogP contribution in [-0.4, -0.2) is 30.6 Å². The number of anilines is 1. The predicted octanol–water partition coefficient (Wildman–Crippen LogP) is 2.28. The molecule has 0 atom stereocenters. The quantitative estimate of drug-likeness (QED) is 0.861. The van der Waals surface area contributed by atoms with Crippen molar-refractivity contribution in [3.05, 3.63) is 30.3 Å². The summed E-state index contributed by atoms with van der Waals surface area (Å²) in [6.45, 7) is 2.42. The van der Waals surface area contributed by atoms with Gasteiger partial charge in [0.25, 0.3) is 0 Å². The Kier molecular flexibility index (Phi) is 4.59. The van der Waals surface area contributed by atoms with Crippen LogP contribution in [0.2, 0.25) is 0 Å². The molecule has 1 saturated heterocycles. The smallest absolute Gasteiger partial charge is 0.321 e. The van der Waals surface area contributed by atoms with E-state index in [1.54, 1.807) is 0 Å². The summed E-state index contributed by atoms with van der Waals surface area (Å²) in [7, 11) is 0. The first-order valence-electron chi connectivity index (χ1n) is 6.60. The number of rotatable bonds is 3. The van der Waals surface area contributed by atoms with Crippen LogP contribution in [0.25, 0.3) is 0 Å². The molecule has 18 heavy (non-hydrogen) atoms. The molecule has 0 aliphatic carbocycles. The Bertz CT molecular complexity index is 372. The van der Waals surface area contributed by atoms with Crippen molar-refractivity contribution < 1.29 is 4.79 Å². The molecule has 0 unspecified atom stereocenters. The first kappa shape index (κ1) is 12.9. The maximum Gasteiger partial charge on any atom is 0.321 e. The second kappa shape index (κ2) is 6.40. The number of likely N-dealkylation sites (tertiary alicyclic amines) is 1. The van der Waals surface area contributed by atoms with E-state index in [0.29, 0.717) is 5.92 Å². The number of benzene rings is 1. The van der Waals surface area contributed by atoms with E-state index < -0.39 is 0 Å². The lowest BCUT2D eigenvalue weighted by molar-refractivity contribution is 0.180. The number of amides is 2. The van der Waals surface area contributed by atoms with Gasteiger partial charge in [-0.25, -0.2) is 4.79 Å². The zero-order valence-electron chi connectivity index (χ0n) is 10.6. The maximum atomic E-state index is 12.0. The minimum atomic E-state index is 0.00685. The standard InChI is InChI=1S/C14H21N3O/c15-9-6-12-7-10-17(11-8-12)14(18)16-13-4-2-1-3-5-13/h1-5,12H,6-11,15H2,(H,16,18). The molecule has 0 radical (unpaired) electrons. The topological polar surface area (TPSA) is 58.4 Å². The van der Waals surface area contributed by atoms with Gasteiger partial charge in [0.1, 0.15) is 0 Å². The van der Waals surface area contributed by atoms with Gasteiger partial charge in [-0.05, 0) is 43.9 Å². The SMILES string of the molecule is NCCC1CCN(C(=O)Nc2ccccc2)CC1. The van der Waals surface area contributed by atoms with Gasteiger partial charge in [-0.2, -0.15) is 0 Å². The molecule has 0 saturated carbocycles. The fourth-order valence-electron chi connectivity index (χ4n) is 2.38. The van der Waals surface area contributed by atoms with Crippen molar-refractivity contribution >= 4 is 11.7 Å². The molecule has 1 heterocycles. The average Bonchev–Trinajstić information content (AvgIpc) is 2.41. The molecular formula is C14H21N3O. The monoisotopic (exact) mass is 247 g/mol. The van der Waals surface area contributed by atoms with Crippen molar-refractivity contribution in [1.82, 2.24) is 4.90 Å². The summed E-state index contributed by atoms with van der Waals surface area (Å²) in [5.41, 5.74) is 6.42. The van der Waals surface area contributed by atoms with E-state index in [4.69, 9.17) is 5.73 Å². The number of hydrogen-bond acceptors (Lipinski definition) is 2. The van der Waals surface area contributed by atoms with Gasteiger partial charge in [-0.15, -0.1) is 0 Å². The van der Waals surface area contributed by atoms with Gasteiger partial charge >= 0.3 is 6.03 Å². The number of para-hydroxylation sites is 1. The number of carbonyl (C=O) groups excluding carboxylic acids is 1. The van der Waals surface area contributed by atoms with Gasteiger partial charge in [0, 0.05) is 18.8 Å². The highest BCUT2D eigenvalue weighted by Gasteiger charge is 2.22. The van der Waals surface area contributed by atoms with Crippen molar-refractivity contribution in [3.8, 4) is 0 Å². The van der Waals surface area contributed by atoms with Crippen LogP contribution in [0.5, 0.6) is 0 Å². The van der Waals surface area contributed by atoms with Gasteiger partial charge in [-0.3, -0.25) is 0 Å². The molecule has 3 N–H and O–H groups in total. The van der Waals surface area contributed by atoms with Crippen molar-refractivity contribution in [2.24, 2.45) is 11.7 Å². The molecule has 2 rings (SSSR count). The minimum Gasteiger partial charge on any atom is -0.330 e. The van der Waals surface area contributed by atoms with E-state index in [0.717, 1.165) is 44.6 Å². The summed E-state index contributed by atoms with van der Waals surface area (Å²) < 4.78 is 0. The van der Waals surface area contributed by atoms with Crippen LogP contribution < -0.4 is 11.1 Å². The number of nitrogens with zero attached hydrogens (tertiary/aromatic N) is 1. The Morgan fingerprint density at radius 1 is 1.28 bits per heavy atom. The van der Waals surface area contributed by atoms with Gasteiger partial charge in [0.2, 0.25) is 0 Å². The Balaban J connectivity index is 1.81. The zero-order valence-corrected chi connectivity index (χ0v) is 10.6. The number of nitrogens with one attached hydrogen (secondary N) is 1. The van der Waals surface area contributed by atoms with Crippen molar-refractivity contribution in [2.75, 3.05) is 25.0 Å². The first-order chi connectivity index (χ1) is 8.79. The van der Waals surface area contributed by atoms with Crippen LogP contribution >= 0.6 is 0 Å². The Morgan fingerprint density at radius 2 is 1.94 bits per heavy atom.